The van der Waals surface area contributed by atoms with Gasteiger partial charge in [-0.1, -0.05) is 6.92 Å². The number of nitrogens with zero attached hydrogens (tertiary/aromatic N) is 1. The minimum atomic E-state index is 0.823. The molecule has 60 valence electrons. The van der Waals surface area contributed by atoms with Gasteiger partial charge in [-0.3, -0.25) is 0 Å². The van der Waals surface area contributed by atoms with Crippen molar-refractivity contribution in [2.75, 3.05) is 12.4 Å². The summed E-state index contributed by atoms with van der Waals surface area (Å²) in [5.74, 6) is 0.823. The molecule has 3 heteroatoms. The lowest BCUT2D eigenvalue weighted by atomic mass is 10.2. The first-order valence-electron chi connectivity index (χ1n) is 3.68. The fourth-order valence-electron chi connectivity index (χ4n) is 1.13. The molecule has 1 aromatic rings. The molecule has 0 saturated heterocycles. The first-order chi connectivity index (χ1) is 5.33. The summed E-state index contributed by atoms with van der Waals surface area (Å²) in [5.41, 5.74) is 2.30. The van der Waals surface area contributed by atoms with Crippen molar-refractivity contribution in [1.29, 1.82) is 0 Å². The van der Waals surface area contributed by atoms with Gasteiger partial charge in [0.25, 0.3) is 0 Å². The fourth-order valence-corrected chi connectivity index (χ4v) is 1.13. The van der Waals surface area contributed by atoms with Crippen LogP contribution in [0.2, 0.25) is 0 Å². The third-order valence-corrected chi connectivity index (χ3v) is 1.73. The molecule has 0 bridgehead atoms. The number of hydrogen-bond donors (Lipinski definition) is 2. The molecule has 1 heterocycles. The highest BCUT2D eigenvalue weighted by atomic mass is 15.0. The number of aromatic nitrogens is 1. The third kappa shape index (κ3) is 1.27. The van der Waals surface area contributed by atoms with Crippen LogP contribution in [0.3, 0.4) is 0 Å². The number of anilines is 1. The van der Waals surface area contributed by atoms with Crippen LogP contribution in [-0.4, -0.2) is 18.7 Å². The van der Waals surface area contributed by atoms with Crippen molar-refractivity contribution in [2.45, 2.75) is 13.3 Å². The number of hydrogen-bond acceptors (Lipinski definition) is 2. The lowest BCUT2D eigenvalue weighted by Gasteiger charge is -1.99. The maximum Gasteiger partial charge on any atom is 0.153 e. The molecule has 2 N–H and O–H groups in total. The lowest BCUT2D eigenvalue weighted by molar-refractivity contribution is 1.14. The highest BCUT2D eigenvalue weighted by Gasteiger charge is 2.05. The Morgan fingerprint density at radius 2 is 2.45 bits per heavy atom. The van der Waals surface area contributed by atoms with E-state index in [0.29, 0.717) is 0 Å². The van der Waals surface area contributed by atoms with Crippen LogP contribution in [0.4, 0.5) is 11.5 Å². The summed E-state index contributed by atoms with van der Waals surface area (Å²) in [5, 5.41) is 3.08. The third-order valence-electron chi connectivity index (χ3n) is 1.73. The van der Waals surface area contributed by atoms with E-state index in [9.17, 15) is 0 Å². The van der Waals surface area contributed by atoms with Crippen molar-refractivity contribution in [1.82, 2.24) is 4.98 Å². The van der Waals surface area contributed by atoms with Crippen LogP contribution >= 0.6 is 0 Å². The van der Waals surface area contributed by atoms with Crippen molar-refractivity contribution in [3.05, 3.63) is 11.8 Å². The number of nitrogens with one attached hydrogen (secondary N) is 2. The standard InChI is InChI=1S/C8H13N3/c1-4-6-5-11-8(10-3)7(6)9-2/h5,9,11H,3-4H2,1-2H3. The Morgan fingerprint density at radius 3 is 2.91 bits per heavy atom. The number of H-pyrrole nitrogens is 1. The van der Waals surface area contributed by atoms with E-state index >= 15 is 0 Å². The molecule has 0 aliphatic carbocycles. The predicted octanol–water partition coefficient (Wildman–Crippen LogP) is 1.95. The largest absolute Gasteiger partial charge is 0.385 e. The van der Waals surface area contributed by atoms with Crippen molar-refractivity contribution in [3.8, 4) is 0 Å². The van der Waals surface area contributed by atoms with Gasteiger partial charge in [-0.2, -0.15) is 0 Å². The van der Waals surface area contributed by atoms with Gasteiger partial charge in [-0.25, -0.2) is 4.99 Å². The first-order valence-corrected chi connectivity index (χ1v) is 3.68. The average Bonchev–Trinajstić information content (AvgIpc) is 2.45. The Hall–Kier alpha value is -1.25. The molecule has 0 aromatic carbocycles. The monoisotopic (exact) mass is 151 g/mol. The lowest BCUT2D eigenvalue weighted by Crippen LogP contribution is -1.89. The zero-order valence-corrected chi connectivity index (χ0v) is 6.94. The van der Waals surface area contributed by atoms with Gasteiger partial charge in [0.1, 0.15) is 0 Å². The van der Waals surface area contributed by atoms with E-state index in [1.807, 2.05) is 13.2 Å². The van der Waals surface area contributed by atoms with Gasteiger partial charge in [-0.15, -0.1) is 0 Å². The van der Waals surface area contributed by atoms with E-state index in [4.69, 9.17) is 0 Å². The topological polar surface area (TPSA) is 40.2 Å². The molecule has 3 nitrogen and oxygen atoms in total. The van der Waals surface area contributed by atoms with Crippen molar-refractivity contribution in [3.63, 3.8) is 0 Å². The smallest absolute Gasteiger partial charge is 0.153 e. The molecule has 0 aliphatic rings. The normalized spacial score (nSPS) is 9.64. The van der Waals surface area contributed by atoms with Gasteiger partial charge in [0.2, 0.25) is 0 Å². The summed E-state index contributed by atoms with van der Waals surface area (Å²) in [4.78, 5) is 6.88. The molecule has 0 saturated carbocycles. The zero-order chi connectivity index (χ0) is 8.27. The average molecular weight is 151 g/mol. The van der Waals surface area contributed by atoms with Crippen LogP contribution in [0, 0.1) is 0 Å². The van der Waals surface area contributed by atoms with Crippen LogP contribution in [0.1, 0.15) is 12.5 Å². The van der Waals surface area contributed by atoms with Gasteiger partial charge < -0.3 is 10.3 Å². The molecular weight excluding hydrogens is 138 g/mol. The Morgan fingerprint density at radius 1 is 1.73 bits per heavy atom. The summed E-state index contributed by atoms with van der Waals surface area (Å²) < 4.78 is 0. The van der Waals surface area contributed by atoms with Gasteiger partial charge >= 0.3 is 0 Å². The van der Waals surface area contributed by atoms with Crippen LogP contribution in [0.15, 0.2) is 11.2 Å². The first kappa shape index (κ1) is 7.85. The predicted molar refractivity (Wildman–Crippen MR) is 48.9 cm³/mol. The van der Waals surface area contributed by atoms with Crippen LogP contribution < -0.4 is 5.32 Å². The van der Waals surface area contributed by atoms with Gasteiger partial charge in [0, 0.05) is 13.2 Å². The number of aliphatic imine (C=N–C) groups is 1. The Labute approximate surface area is 66.5 Å². The molecule has 0 amide bonds. The van der Waals surface area contributed by atoms with Crippen LogP contribution in [0.25, 0.3) is 0 Å². The summed E-state index contributed by atoms with van der Waals surface area (Å²) >= 11 is 0. The highest BCUT2D eigenvalue weighted by molar-refractivity contribution is 5.68. The summed E-state index contributed by atoms with van der Waals surface area (Å²) in [6, 6.07) is 0. The van der Waals surface area contributed by atoms with E-state index in [1.54, 1.807) is 0 Å². The molecular formula is C8H13N3. The van der Waals surface area contributed by atoms with E-state index in [1.165, 1.54) is 5.56 Å². The number of aryl methyl sites for hydroxylation is 1. The molecule has 11 heavy (non-hydrogen) atoms. The maximum absolute atomic E-state index is 3.84. The van der Waals surface area contributed by atoms with Crippen LogP contribution in [-0.2, 0) is 6.42 Å². The molecule has 0 atom stereocenters. The summed E-state index contributed by atoms with van der Waals surface area (Å²) in [6.45, 7) is 5.57. The van der Waals surface area contributed by atoms with Crippen LogP contribution in [0.5, 0.6) is 0 Å². The quantitative estimate of drug-likeness (QED) is 0.637. The Kier molecular flexibility index (Phi) is 2.31. The van der Waals surface area contributed by atoms with Gasteiger partial charge in [-0.05, 0) is 18.7 Å². The Bertz CT molecular complexity index is 250. The summed E-state index contributed by atoms with van der Waals surface area (Å²) in [6.07, 6.45) is 2.96. The minimum absolute atomic E-state index is 0.823. The molecule has 1 rings (SSSR count). The van der Waals surface area contributed by atoms with E-state index < -0.39 is 0 Å². The minimum Gasteiger partial charge on any atom is -0.385 e. The molecule has 0 spiro atoms. The van der Waals surface area contributed by atoms with E-state index in [2.05, 4.69) is 28.9 Å². The molecule has 0 radical (unpaired) electrons. The van der Waals surface area contributed by atoms with E-state index in [0.717, 1.165) is 17.9 Å². The summed E-state index contributed by atoms with van der Waals surface area (Å²) in [7, 11) is 1.89. The maximum atomic E-state index is 3.84. The zero-order valence-electron chi connectivity index (χ0n) is 6.94. The Balaban J connectivity index is 3.08. The molecule has 0 aliphatic heterocycles. The van der Waals surface area contributed by atoms with Crippen molar-refractivity contribution < 1.29 is 0 Å². The second-order valence-corrected chi connectivity index (χ2v) is 2.30. The highest BCUT2D eigenvalue weighted by Crippen LogP contribution is 2.27. The van der Waals surface area contributed by atoms with Crippen molar-refractivity contribution >= 4 is 18.2 Å². The second kappa shape index (κ2) is 3.23. The molecule has 1 aromatic heterocycles. The number of rotatable bonds is 3. The van der Waals surface area contributed by atoms with Gasteiger partial charge in [0.05, 0.1) is 5.69 Å². The number of aromatic amines is 1. The van der Waals surface area contributed by atoms with E-state index in [-0.39, 0.29) is 0 Å². The molecule has 0 unspecified atom stereocenters. The fraction of sp³-hybridized carbons (Fsp3) is 0.375. The molecule has 0 fully saturated rings. The second-order valence-electron chi connectivity index (χ2n) is 2.30. The SMILES string of the molecule is C=Nc1[nH]cc(CC)c1NC. The van der Waals surface area contributed by atoms with Crippen molar-refractivity contribution in [2.24, 2.45) is 4.99 Å². The van der Waals surface area contributed by atoms with Gasteiger partial charge in [0.15, 0.2) is 5.82 Å².